The molecule has 1 rings (SSSR count). The van der Waals surface area contributed by atoms with Crippen LogP contribution in [0.1, 0.15) is 79.1 Å². The Labute approximate surface area is 201 Å². The van der Waals surface area contributed by atoms with Gasteiger partial charge in [-0.2, -0.15) is 0 Å². The van der Waals surface area contributed by atoms with Crippen molar-refractivity contribution in [2.75, 3.05) is 7.11 Å². The molecule has 0 heterocycles. The van der Waals surface area contributed by atoms with Crippen LogP contribution in [0.4, 0.5) is 0 Å². The minimum Gasteiger partial charge on any atom is -0.367 e. The van der Waals surface area contributed by atoms with E-state index < -0.39 is 6.29 Å². The van der Waals surface area contributed by atoms with Gasteiger partial charge in [0.15, 0.2) is 6.29 Å². The number of methoxy groups -OCH3 is 1. The number of carbonyl (C=O) groups excluding carboxylic acids is 1. The summed E-state index contributed by atoms with van der Waals surface area (Å²) in [6, 6.07) is 0. The van der Waals surface area contributed by atoms with E-state index in [9.17, 15) is 9.90 Å². The Morgan fingerprint density at radius 3 is 2.67 bits per heavy atom. The van der Waals surface area contributed by atoms with Gasteiger partial charge in [0, 0.05) is 31.1 Å². The van der Waals surface area contributed by atoms with Crippen LogP contribution in [0.2, 0.25) is 0 Å². The molecular formula is C28H44N2O3. The van der Waals surface area contributed by atoms with Gasteiger partial charge in [0.05, 0.1) is 11.4 Å². The first-order valence-electron chi connectivity index (χ1n) is 12.4. The maximum atomic E-state index is 11.2. The van der Waals surface area contributed by atoms with Gasteiger partial charge < -0.3 is 14.6 Å². The second kappa shape index (κ2) is 16.5. The summed E-state index contributed by atoms with van der Waals surface area (Å²) in [4.78, 5) is 20.3. The highest BCUT2D eigenvalue weighted by atomic mass is 16.6. The predicted molar refractivity (Wildman–Crippen MR) is 140 cm³/mol. The van der Waals surface area contributed by atoms with Gasteiger partial charge in [0.2, 0.25) is 0 Å². The third-order valence-electron chi connectivity index (χ3n) is 6.21. The molecule has 0 amide bonds. The van der Waals surface area contributed by atoms with Crippen molar-refractivity contribution in [3.05, 3.63) is 47.3 Å². The number of aldehydes is 1. The van der Waals surface area contributed by atoms with E-state index in [0.29, 0.717) is 18.0 Å². The molecule has 5 heteroatoms. The molecule has 0 aromatic carbocycles. The fourth-order valence-electron chi connectivity index (χ4n) is 4.20. The van der Waals surface area contributed by atoms with Crippen molar-refractivity contribution in [2.24, 2.45) is 27.7 Å². The lowest BCUT2D eigenvalue weighted by Gasteiger charge is -2.22. The molecule has 0 saturated heterocycles. The molecule has 1 aliphatic carbocycles. The molecule has 1 aliphatic rings. The molecular weight excluding hydrogens is 412 g/mol. The van der Waals surface area contributed by atoms with Crippen LogP contribution in [0.15, 0.2) is 57.3 Å². The Bertz CT molecular complexity index is 761. The Balaban J connectivity index is 3.09. The number of allylic oxidation sites excluding steroid dienone is 5. The topological polar surface area (TPSA) is 71.2 Å². The summed E-state index contributed by atoms with van der Waals surface area (Å²) in [6.07, 6.45) is 18.1. The van der Waals surface area contributed by atoms with Gasteiger partial charge in [0.1, 0.15) is 6.29 Å². The summed E-state index contributed by atoms with van der Waals surface area (Å²) < 4.78 is 5.07. The number of hydrogen-bond donors (Lipinski definition) is 1. The summed E-state index contributed by atoms with van der Waals surface area (Å²) >= 11 is 0. The molecule has 0 radical (unpaired) electrons. The highest BCUT2D eigenvalue weighted by molar-refractivity contribution is 5.87. The third kappa shape index (κ3) is 10.6. The first kappa shape index (κ1) is 28.9. The number of hydrogen-bond acceptors (Lipinski definition) is 5. The monoisotopic (exact) mass is 456 g/mol. The zero-order chi connectivity index (χ0) is 24.6. The summed E-state index contributed by atoms with van der Waals surface area (Å²) in [5.74, 6) is 0.451. The van der Waals surface area contributed by atoms with Crippen molar-refractivity contribution in [3.8, 4) is 0 Å². The SMILES string of the molecule is C=NC1=CC(C(O)OC)CC=C1N=C(C/C=C\C(=C/C)CC)CCC(CCC)CC(C)C=O. The number of carbonyl (C=O) groups is 1. The Hall–Kier alpha value is -2.11. The number of nitrogens with zero attached hydrogens (tertiary/aromatic N) is 2. The molecule has 184 valence electrons. The highest BCUT2D eigenvalue weighted by Gasteiger charge is 2.22. The van der Waals surface area contributed by atoms with Crippen molar-refractivity contribution in [2.45, 2.75) is 85.4 Å². The van der Waals surface area contributed by atoms with Crippen molar-refractivity contribution in [1.29, 1.82) is 0 Å². The van der Waals surface area contributed by atoms with Crippen LogP contribution in [0, 0.1) is 17.8 Å². The molecule has 0 bridgehead atoms. The molecule has 0 aliphatic heterocycles. The zero-order valence-corrected chi connectivity index (χ0v) is 21.3. The minimum atomic E-state index is -0.867. The van der Waals surface area contributed by atoms with E-state index in [1.165, 1.54) is 12.7 Å². The number of aliphatic hydroxyl groups is 1. The number of aliphatic hydroxyl groups excluding tert-OH is 1. The molecule has 33 heavy (non-hydrogen) atoms. The van der Waals surface area contributed by atoms with Crippen LogP contribution in [0.3, 0.4) is 0 Å². The number of rotatable bonds is 16. The first-order chi connectivity index (χ1) is 15.9. The quantitative estimate of drug-likeness (QED) is 0.123. The molecule has 0 spiro atoms. The van der Waals surface area contributed by atoms with Gasteiger partial charge in [0.25, 0.3) is 0 Å². The van der Waals surface area contributed by atoms with Crippen molar-refractivity contribution >= 4 is 18.7 Å². The van der Waals surface area contributed by atoms with Gasteiger partial charge >= 0.3 is 0 Å². The Kier molecular flexibility index (Phi) is 14.5. The normalized spacial score (nSPS) is 20.2. The summed E-state index contributed by atoms with van der Waals surface area (Å²) in [7, 11) is 1.49. The third-order valence-corrected chi connectivity index (χ3v) is 6.21. The largest absolute Gasteiger partial charge is 0.367 e. The average Bonchev–Trinajstić information content (AvgIpc) is 2.84. The molecule has 0 aromatic rings. The number of ether oxygens (including phenoxy) is 1. The lowest BCUT2D eigenvalue weighted by atomic mass is 9.88. The molecule has 4 unspecified atom stereocenters. The Morgan fingerprint density at radius 2 is 2.09 bits per heavy atom. The van der Waals surface area contributed by atoms with Crippen LogP contribution < -0.4 is 0 Å². The lowest BCUT2D eigenvalue weighted by molar-refractivity contribution is -0.111. The molecule has 0 fully saturated rings. The van der Waals surface area contributed by atoms with E-state index in [2.05, 4.69) is 50.7 Å². The maximum absolute atomic E-state index is 11.2. The predicted octanol–water partition coefficient (Wildman–Crippen LogP) is 6.60. The first-order valence-corrected chi connectivity index (χ1v) is 12.4. The zero-order valence-electron chi connectivity index (χ0n) is 21.3. The Morgan fingerprint density at radius 1 is 1.33 bits per heavy atom. The van der Waals surface area contributed by atoms with Crippen molar-refractivity contribution in [1.82, 2.24) is 0 Å². The van der Waals surface area contributed by atoms with Crippen LogP contribution in [-0.2, 0) is 9.53 Å². The second-order valence-electron chi connectivity index (χ2n) is 8.87. The smallest absolute Gasteiger partial charge is 0.160 e. The average molecular weight is 457 g/mol. The van der Waals surface area contributed by atoms with Gasteiger partial charge in [-0.25, -0.2) is 0 Å². The van der Waals surface area contributed by atoms with E-state index >= 15 is 0 Å². The van der Waals surface area contributed by atoms with E-state index in [0.717, 1.165) is 62.6 Å². The molecule has 4 atom stereocenters. The summed E-state index contributed by atoms with van der Waals surface area (Å²) in [5, 5.41) is 10.0. The lowest BCUT2D eigenvalue weighted by Crippen LogP contribution is -2.22. The van der Waals surface area contributed by atoms with E-state index in [4.69, 9.17) is 9.73 Å². The fraction of sp³-hybridized carbons (Fsp3) is 0.607. The molecule has 0 saturated carbocycles. The van der Waals surface area contributed by atoms with Crippen LogP contribution in [-0.4, -0.2) is 37.2 Å². The van der Waals surface area contributed by atoms with E-state index in [-0.39, 0.29) is 11.8 Å². The van der Waals surface area contributed by atoms with Gasteiger partial charge in [-0.1, -0.05) is 63.5 Å². The van der Waals surface area contributed by atoms with Crippen molar-refractivity contribution < 1.29 is 14.6 Å². The molecule has 1 N–H and O–H groups in total. The van der Waals surface area contributed by atoms with Crippen LogP contribution >= 0.6 is 0 Å². The van der Waals surface area contributed by atoms with Gasteiger partial charge in [-0.05, 0) is 57.7 Å². The second-order valence-corrected chi connectivity index (χ2v) is 8.87. The maximum Gasteiger partial charge on any atom is 0.160 e. The van der Waals surface area contributed by atoms with Gasteiger partial charge in [-0.3, -0.25) is 9.98 Å². The summed E-state index contributed by atoms with van der Waals surface area (Å²) in [6.45, 7) is 12.1. The van der Waals surface area contributed by atoms with Crippen LogP contribution in [0.25, 0.3) is 0 Å². The molecule has 0 aromatic heterocycles. The van der Waals surface area contributed by atoms with Gasteiger partial charge in [-0.15, -0.1) is 0 Å². The molecule has 5 nitrogen and oxygen atoms in total. The standard InChI is InChI=1S/C28H44N2O3/c1-7-11-23(18-21(4)20-31)14-16-25(13-10-12-22(8-2)9-3)30-26-17-15-24(28(32)33-6)19-27(26)29-5/h8,10,12,17,19-21,23-24,28,32H,5,7,9,11,13-16,18H2,1-4,6H3/b12-10-,22-8-,30-25?. The highest BCUT2D eigenvalue weighted by Crippen LogP contribution is 2.28. The minimum absolute atomic E-state index is 0.0911. The van der Waals surface area contributed by atoms with Crippen molar-refractivity contribution in [3.63, 3.8) is 0 Å². The number of aliphatic imine (C=N–C) groups is 2. The van der Waals surface area contributed by atoms with E-state index in [1.807, 2.05) is 19.1 Å². The van der Waals surface area contributed by atoms with E-state index in [1.54, 1.807) is 0 Å². The van der Waals surface area contributed by atoms with Crippen LogP contribution in [0.5, 0.6) is 0 Å². The fourth-order valence-corrected chi connectivity index (χ4v) is 4.20. The summed E-state index contributed by atoms with van der Waals surface area (Å²) in [5.41, 5.74) is 3.90.